The zero-order chi connectivity index (χ0) is 11.0. The average Bonchev–Trinajstić information content (AvgIpc) is 3.04. The van der Waals surface area contributed by atoms with Crippen LogP contribution in [-0.2, 0) is 0 Å². The first-order valence-corrected chi connectivity index (χ1v) is 6.90. The monoisotopic (exact) mass is 221 g/mol. The Balaban J connectivity index is 1.52. The van der Waals surface area contributed by atoms with E-state index in [0.717, 1.165) is 19.4 Å². The van der Waals surface area contributed by atoms with Crippen LogP contribution in [0.5, 0.6) is 0 Å². The normalized spacial score (nSPS) is 29.8. The van der Waals surface area contributed by atoms with E-state index in [9.17, 15) is 5.11 Å². The Labute approximate surface area is 98.3 Å². The average molecular weight is 221 g/mol. The summed E-state index contributed by atoms with van der Waals surface area (Å²) in [6.45, 7) is 3.29. The Morgan fingerprint density at radius 3 is 2.06 bits per heavy atom. The third-order valence-corrected chi connectivity index (χ3v) is 4.51. The number of piperidine rings is 1. The van der Waals surface area contributed by atoms with Gasteiger partial charge in [-0.3, -0.25) is 4.90 Å². The molecule has 3 aliphatic rings. The Morgan fingerprint density at radius 1 is 0.938 bits per heavy atom. The van der Waals surface area contributed by atoms with Crippen molar-refractivity contribution in [1.82, 2.24) is 4.90 Å². The second-order valence-electron chi connectivity index (χ2n) is 5.91. The zero-order valence-electron chi connectivity index (χ0n) is 10.2. The van der Waals surface area contributed by atoms with Gasteiger partial charge in [0, 0.05) is 19.6 Å². The van der Waals surface area contributed by atoms with Crippen molar-refractivity contribution < 1.29 is 5.11 Å². The number of aliphatic hydroxyl groups is 1. The van der Waals surface area contributed by atoms with Gasteiger partial charge in [-0.1, -0.05) is 24.0 Å². The maximum absolute atomic E-state index is 10.4. The van der Waals surface area contributed by atoms with E-state index in [-0.39, 0.29) is 5.60 Å². The van der Waals surface area contributed by atoms with E-state index in [1.54, 1.807) is 11.1 Å². The van der Waals surface area contributed by atoms with E-state index in [0.29, 0.717) is 0 Å². The highest BCUT2D eigenvalue weighted by atomic mass is 16.3. The van der Waals surface area contributed by atoms with Crippen molar-refractivity contribution in [2.45, 2.75) is 57.0 Å². The molecule has 0 spiro atoms. The quantitative estimate of drug-likeness (QED) is 0.724. The van der Waals surface area contributed by atoms with E-state index in [1.165, 1.54) is 51.6 Å². The summed E-state index contributed by atoms with van der Waals surface area (Å²) in [6.07, 6.45) is 9.78. The van der Waals surface area contributed by atoms with Crippen LogP contribution in [0.3, 0.4) is 0 Å². The molecule has 2 aliphatic carbocycles. The molecule has 3 fully saturated rings. The Hall–Kier alpha value is -0.340. The highest BCUT2D eigenvalue weighted by Gasteiger charge is 2.34. The van der Waals surface area contributed by atoms with E-state index in [1.807, 2.05) is 0 Å². The van der Waals surface area contributed by atoms with Gasteiger partial charge in [0.15, 0.2) is 0 Å². The molecule has 0 bridgehead atoms. The van der Waals surface area contributed by atoms with Gasteiger partial charge in [-0.2, -0.15) is 0 Å². The van der Waals surface area contributed by atoms with Crippen molar-refractivity contribution in [3.8, 4) is 0 Å². The number of rotatable bonds is 2. The summed E-state index contributed by atoms with van der Waals surface area (Å²) in [5.74, 6) is 0. The molecule has 1 heterocycles. The lowest BCUT2D eigenvalue weighted by atomic mass is 9.98. The highest BCUT2D eigenvalue weighted by molar-refractivity contribution is 5.26. The van der Waals surface area contributed by atoms with Crippen LogP contribution in [-0.4, -0.2) is 35.2 Å². The first-order valence-electron chi connectivity index (χ1n) is 6.90. The smallest absolute Gasteiger partial charge is 0.0774 e. The molecule has 2 nitrogen and oxygen atoms in total. The van der Waals surface area contributed by atoms with Gasteiger partial charge in [0.25, 0.3) is 0 Å². The number of hydrogen-bond acceptors (Lipinski definition) is 2. The molecule has 1 saturated heterocycles. The number of hydrogen-bond donors (Lipinski definition) is 1. The highest BCUT2D eigenvalue weighted by Crippen LogP contribution is 2.37. The lowest BCUT2D eigenvalue weighted by Crippen LogP contribution is -2.43. The minimum absolute atomic E-state index is 0.343. The molecule has 1 aliphatic heterocycles. The lowest BCUT2D eigenvalue weighted by molar-refractivity contribution is 0.00732. The van der Waals surface area contributed by atoms with Crippen molar-refractivity contribution in [1.29, 1.82) is 0 Å². The molecular formula is C14H23NO. The topological polar surface area (TPSA) is 23.5 Å². The maximum atomic E-state index is 10.4. The van der Waals surface area contributed by atoms with Crippen LogP contribution in [0, 0.1) is 0 Å². The number of likely N-dealkylation sites (tertiary alicyclic amines) is 1. The van der Waals surface area contributed by atoms with Crippen LogP contribution in [0.25, 0.3) is 0 Å². The molecule has 0 aromatic rings. The summed E-state index contributed by atoms with van der Waals surface area (Å²) in [6, 6.07) is 0. The second-order valence-corrected chi connectivity index (χ2v) is 5.91. The molecule has 0 amide bonds. The fourth-order valence-corrected chi connectivity index (χ4v) is 3.36. The third kappa shape index (κ3) is 2.33. The summed E-state index contributed by atoms with van der Waals surface area (Å²) < 4.78 is 0. The first kappa shape index (κ1) is 10.8. The summed E-state index contributed by atoms with van der Waals surface area (Å²) in [5.41, 5.74) is 3.15. The third-order valence-electron chi connectivity index (χ3n) is 4.51. The molecule has 0 radical (unpaired) electrons. The second kappa shape index (κ2) is 4.15. The van der Waals surface area contributed by atoms with E-state index < -0.39 is 0 Å². The van der Waals surface area contributed by atoms with Crippen LogP contribution in [0.4, 0.5) is 0 Å². The molecule has 0 aromatic carbocycles. The molecular weight excluding hydrogens is 198 g/mol. The van der Waals surface area contributed by atoms with Gasteiger partial charge in [0.1, 0.15) is 0 Å². The number of allylic oxidation sites excluding steroid dienone is 1. The van der Waals surface area contributed by atoms with Gasteiger partial charge in [0.2, 0.25) is 0 Å². The summed E-state index contributed by atoms with van der Waals surface area (Å²) in [7, 11) is 0. The van der Waals surface area contributed by atoms with Crippen LogP contribution in [0.1, 0.15) is 51.4 Å². The van der Waals surface area contributed by atoms with Crippen molar-refractivity contribution in [2.75, 3.05) is 19.6 Å². The molecule has 3 rings (SSSR count). The minimum atomic E-state index is -0.343. The Kier molecular flexibility index (Phi) is 2.80. The first-order chi connectivity index (χ1) is 7.75. The van der Waals surface area contributed by atoms with Crippen LogP contribution >= 0.6 is 0 Å². The van der Waals surface area contributed by atoms with Crippen LogP contribution < -0.4 is 0 Å². The Morgan fingerprint density at radius 2 is 1.50 bits per heavy atom. The van der Waals surface area contributed by atoms with Crippen molar-refractivity contribution in [3.63, 3.8) is 0 Å². The largest absolute Gasteiger partial charge is 0.389 e. The van der Waals surface area contributed by atoms with Gasteiger partial charge < -0.3 is 5.11 Å². The summed E-state index contributed by atoms with van der Waals surface area (Å²) in [4.78, 5) is 2.48. The van der Waals surface area contributed by atoms with E-state index >= 15 is 0 Å². The molecule has 16 heavy (non-hydrogen) atoms. The minimum Gasteiger partial charge on any atom is -0.389 e. The molecule has 2 heteroatoms. The van der Waals surface area contributed by atoms with Gasteiger partial charge in [-0.05, 0) is 38.5 Å². The Bertz CT molecular complexity index is 286. The molecule has 0 unspecified atom stereocenters. The lowest BCUT2D eigenvalue weighted by Gasteiger charge is -2.34. The molecule has 0 aromatic heterocycles. The van der Waals surface area contributed by atoms with Crippen molar-refractivity contribution in [2.24, 2.45) is 0 Å². The van der Waals surface area contributed by atoms with Crippen LogP contribution in [0.2, 0.25) is 0 Å². The predicted molar refractivity (Wildman–Crippen MR) is 65.4 cm³/mol. The molecule has 1 N–H and O–H groups in total. The summed E-state index contributed by atoms with van der Waals surface area (Å²) >= 11 is 0. The van der Waals surface area contributed by atoms with Gasteiger partial charge in [-0.15, -0.1) is 0 Å². The fourth-order valence-electron chi connectivity index (χ4n) is 3.36. The SMILES string of the molecule is OC1(CN2CCC(=C3CC3)CC2)CCCC1. The van der Waals surface area contributed by atoms with E-state index in [4.69, 9.17) is 0 Å². The summed E-state index contributed by atoms with van der Waals surface area (Å²) in [5, 5.41) is 10.4. The van der Waals surface area contributed by atoms with Gasteiger partial charge in [0.05, 0.1) is 5.60 Å². The molecule has 90 valence electrons. The predicted octanol–water partition coefficient (Wildman–Crippen LogP) is 2.48. The van der Waals surface area contributed by atoms with Crippen LogP contribution in [0.15, 0.2) is 11.1 Å². The number of β-amino-alcohol motifs (C(OH)–C–C–N with tert-alkyl or cyclic N) is 1. The standard InChI is InChI=1S/C14H23NO/c16-14(7-1-2-8-14)11-15-9-5-13(6-10-15)12-3-4-12/h16H,1-11H2. The maximum Gasteiger partial charge on any atom is 0.0774 e. The van der Waals surface area contributed by atoms with Gasteiger partial charge in [-0.25, -0.2) is 0 Å². The molecule has 0 atom stereocenters. The number of nitrogens with zero attached hydrogens (tertiary/aromatic N) is 1. The zero-order valence-corrected chi connectivity index (χ0v) is 10.2. The van der Waals surface area contributed by atoms with Crippen molar-refractivity contribution >= 4 is 0 Å². The van der Waals surface area contributed by atoms with Gasteiger partial charge >= 0.3 is 0 Å². The fraction of sp³-hybridized carbons (Fsp3) is 0.857. The molecule has 2 saturated carbocycles. The van der Waals surface area contributed by atoms with Crippen molar-refractivity contribution in [3.05, 3.63) is 11.1 Å². The van der Waals surface area contributed by atoms with E-state index in [2.05, 4.69) is 4.90 Å².